The van der Waals surface area contributed by atoms with Gasteiger partial charge in [0.25, 0.3) is 0 Å². The van der Waals surface area contributed by atoms with Crippen molar-refractivity contribution >= 4 is 19.4 Å². The summed E-state index contributed by atoms with van der Waals surface area (Å²) < 4.78 is 17.2. The van der Waals surface area contributed by atoms with Gasteiger partial charge in [0.1, 0.15) is 0 Å². The predicted molar refractivity (Wildman–Crippen MR) is 84.5 cm³/mol. The standard InChI is InChI=1S/C17H18O2P/c1-13-11-14(2)17(15(3)12-13)9-10-19-20(18)16-7-5-4-6-8-16/h4-12H,1-3H3/q+1. The monoisotopic (exact) mass is 285 g/mol. The van der Waals surface area contributed by atoms with Crippen LogP contribution in [0.3, 0.4) is 0 Å². The first-order chi connectivity index (χ1) is 9.58. The van der Waals surface area contributed by atoms with Gasteiger partial charge < -0.3 is 0 Å². The maximum Gasteiger partial charge on any atom is 0.596 e. The Kier molecular flexibility index (Phi) is 4.70. The molecule has 1 atom stereocenters. The normalized spacial score (nSPS) is 11.7. The smallest absolute Gasteiger partial charge is 0.258 e. The number of hydrogen-bond donors (Lipinski definition) is 0. The van der Waals surface area contributed by atoms with Gasteiger partial charge in [-0.25, -0.2) is 0 Å². The Bertz CT molecular complexity index is 622. The van der Waals surface area contributed by atoms with E-state index >= 15 is 0 Å². The van der Waals surface area contributed by atoms with Crippen LogP contribution in [0.5, 0.6) is 0 Å². The van der Waals surface area contributed by atoms with Crippen molar-refractivity contribution in [1.29, 1.82) is 0 Å². The molecule has 0 N–H and O–H groups in total. The summed E-state index contributed by atoms with van der Waals surface area (Å²) in [5.41, 5.74) is 4.75. The van der Waals surface area contributed by atoms with Crippen LogP contribution in [0.1, 0.15) is 22.3 Å². The van der Waals surface area contributed by atoms with Gasteiger partial charge in [0.2, 0.25) is 5.30 Å². The van der Waals surface area contributed by atoms with Crippen LogP contribution in [0.2, 0.25) is 0 Å². The number of hydrogen-bond acceptors (Lipinski definition) is 2. The quantitative estimate of drug-likeness (QED) is 0.603. The van der Waals surface area contributed by atoms with Crippen LogP contribution in [-0.2, 0) is 9.09 Å². The lowest BCUT2D eigenvalue weighted by Gasteiger charge is -2.06. The van der Waals surface area contributed by atoms with Crippen LogP contribution in [-0.4, -0.2) is 0 Å². The Labute approximate surface area is 121 Å². The van der Waals surface area contributed by atoms with Crippen LogP contribution < -0.4 is 5.30 Å². The van der Waals surface area contributed by atoms with Crippen molar-refractivity contribution in [3.63, 3.8) is 0 Å². The second-order valence-electron chi connectivity index (χ2n) is 4.81. The maximum absolute atomic E-state index is 11.9. The molecule has 0 bridgehead atoms. The SMILES string of the molecule is Cc1cc(C)c(C=CO[P+](=O)c2ccccc2)c(C)c1. The van der Waals surface area contributed by atoms with E-state index in [0.29, 0.717) is 5.30 Å². The Hall–Kier alpha value is -1.92. The van der Waals surface area contributed by atoms with Crippen molar-refractivity contribution in [2.45, 2.75) is 20.8 Å². The molecule has 0 fully saturated rings. The predicted octanol–water partition coefficient (Wildman–Crippen LogP) is 4.67. The highest BCUT2D eigenvalue weighted by Gasteiger charge is 2.20. The summed E-state index contributed by atoms with van der Waals surface area (Å²) in [6, 6.07) is 13.5. The van der Waals surface area contributed by atoms with Gasteiger partial charge in [-0.1, -0.05) is 35.9 Å². The average Bonchev–Trinajstić information content (AvgIpc) is 2.42. The van der Waals surface area contributed by atoms with E-state index in [1.807, 2.05) is 24.3 Å². The first-order valence-electron chi connectivity index (χ1n) is 6.51. The van der Waals surface area contributed by atoms with Crippen molar-refractivity contribution in [1.82, 2.24) is 0 Å². The fourth-order valence-corrected chi connectivity index (χ4v) is 2.93. The molecule has 2 rings (SSSR count). The first-order valence-corrected chi connectivity index (χ1v) is 7.69. The van der Waals surface area contributed by atoms with Crippen molar-refractivity contribution in [3.8, 4) is 0 Å². The fourth-order valence-electron chi connectivity index (χ4n) is 2.22. The van der Waals surface area contributed by atoms with Crippen LogP contribution in [0.15, 0.2) is 48.7 Å². The third-order valence-electron chi connectivity index (χ3n) is 3.10. The topological polar surface area (TPSA) is 26.3 Å². The molecule has 0 aliphatic heterocycles. The van der Waals surface area contributed by atoms with E-state index < -0.39 is 8.03 Å². The second-order valence-corrected chi connectivity index (χ2v) is 6.05. The highest BCUT2D eigenvalue weighted by atomic mass is 31.1. The molecule has 0 radical (unpaired) electrons. The zero-order chi connectivity index (χ0) is 14.5. The van der Waals surface area contributed by atoms with Gasteiger partial charge >= 0.3 is 8.03 Å². The lowest BCUT2D eigenvalue weighted by molar-refractivity contribution is 0.475. The Morgan fingerprint density at radius 2 is 1.60 bits per heavy atom. The fraction of sp³-hybridized carbons (Fsp3) is 0.176. The Morgan fingerprint density at radius 3 is 2.20 bits per heavy atom. The Morgan fingerprint density at radius 1 is 1.00 bits per heavy atom. The largest absolute Gasteiger partial charge is 0.596 e. The van der Waals surface area contributed by atoms with Gasteiger partial charge in [-0.05, 0) is 60.2 Å². The zero-order valence-electron chi connectivity index (χ0n) is 12.0. The summed E-state index contributed by atoms with van der Waals surface area (Å²) in [4.78, 5) is 0. The van der Waals surface area contributed by atoms with E-state index in [4.69, 9.17) is 4.52 Å². The molecule has 3 heteroatoms. The van der Waals surface area contributed by atoms with Gasteiger partial charge in [0.15, 0.2) is 6.26 Å². The molecule has 20 heavy (non-hydrogen) atoms. The minimum absolute atomic E-state index is 0.699. The Balaban J connectivity index is 2.10. The molecule has 0 amide bonds. The molecule has 0 saturated carbocycles. The van der Waals surface area contributed by atoms with Crippen molar-refractivity contribution in [2.24, 2.45) is 0 Å². The molecule has 0 aromatic heterocycles. The molecule has 102 valence electrons. The van der Waals surface area contributed by atoms with Crippen molar-refractivity contribution in [2.75, 3.05) is 0 Å². The summed E-state index contributed by atoms with van der Waals surface area (Å²) in [7, 11) is -1.83. The lowest BCUT2D eigenvalue weighted by atomic mass is 10.00. The zero-order valence-corrected chi connectivity index (χ0v) is 12.9. The van der Waals surface area contributed by atoms with E-state index in [-0.39, 0.29) is 0 Å². The molecular formula is C17H18O2P+. The molecule has 1 unspecified atom stereocenters. The molecule has 0 spiro atoms. The molecule has 0 aliphatic rings. The summed E-state index contributed by atoms with van der Waals surface area (Å²) in [6.45, 7) is 6.21. The second kappa shape index (κ2) is 6.49. The third kappa shape index (κ3) is 3.55. The first kappa shape index (κ1) is 14.5. The van der Waals surface area contributed by atoms with E-state index in [1.165, 1.54) is 23.0 Å². The molecule has 2 aromatic carbocycles. The summed E-state index contributed by atoms with van der Waals surface area (Å²) in [5, 5.41) is 0.699. The third-order valence-corrected chi connectivity index (χ3v) is 4.13. The van der Waals surface area contributed by atoms with E-state index in [1.54, 1.807) is 12.1 Å². The minimum atomic E-state index is -1.83. The maximum atomic E-state index is 11.9. The van der Waals surface area contributed by atoms with Gasteiger partial charge in [0, 0.05) is 0 Å². The minimum Gasteiger partial charge on any atom is -0.258 e. The summed E-state index contributed by atoms with van der Waals surface area (Å²) in [6.07, 6.45) is 3.40. The molecule has 2 nitrogen and oxygen atoms in total. The van der Waals surface area contributed by atoms with Crippen molar-refractivity contribution in [3.05, 3.63) is 71.0 Å². The highest BCUT2D eigenvalue weighted by Crippen LogP contribution is 2.23. The van der Waals surface area contributed by atoms with E-state index in [0.717, 1.165) is 5.56 Å². The molecule has 0 saturated heterocycles. The highest BCUT2D eigenvalue weighted by molar-refractivity contribution is 7.48. The van der Waals surface area contributed by atoms with Crippen LogP contribution in [0.4, 0.5) is 0 Å². The number of aryl methyl sites for hydroxylation is 3. The average molecular weight is 285 g/mol. The van der Waals surface area contributed by atoms with E-state index in [9.17, 15) is 4.57 Å². The van der Waals surface area contributed by atoms with E-state index in [2.05, 4.69) is 32.9 Å². The van der Waals surface area contributed by atoms with Gasteiger partial charge in [-0.2, -0.15) is 0 Å². The van der Waals surface area contributed by atoms with Crippen molar-refractivity contribution < 1.29 is 9.09 Å². The van der Waals surface area contributed by atoms with Gasteiger partial charge in [-0.15, -0.1) is 0 Å². The van der Waals surface area contributed by atoms with Gasteiger partial charge in [-0.3, -0.25) is 4.52 Å². The number of rotatable bonds is 4. The van der Waals surface area contributed by atoms with Crippen LogP contribution in [0, 0.1) is 20.8 Å². The van der Waals surface area contributed by atoms with Gasteiger partial charge in [0.05, 0.1) is 0 Å². The summed E-state index contributed by atoms with van der Waals surface area (Å²) >= 11 is 0. The lowest BCUT2D eigenvalue weighted by Crippen LogP contribution is -1.94. The van der Waals surface area contributed by atoms with Crippen LogP contribution in [0.25, 0.3) is 6.08 Å². The molecular weight excluding hydrogens is 267 g/mol. The molecule has 0 heterocycles. The van der Waals surface area contributed by atoms with Crippen LogP contribution >= 0.6 is 8.03 Å². The number of benzene rings is 2. The molecule has 0 aliphatic carbocycles. The summed E-state index contributed by atoms with van der Waals surface area (Å²) in [5.74, 6) is 0. The molecule has 2 aromatic rings.